The lowest BCUT2D eigenvalue weighted by Gasteiger charge is -2.34. The molecular formula is C18H23N3O2S. The van der Waals surface area contributed by atoms with E-state index in [2.05, 4.69) is 32.7 Å². The van der Waals surface area contributed by atoms with Gasteiger partial charge < -0.3 is 15.0 Å². The molecule has 0 aliphatic carbocycles. The Morgan fingerprint density at radius 3 is 2.79 bits per heavy atom. The number of ether oxygens (including phenoxy) is 1. The van der Waals surface area contributed by atoms with E-state index >= 15 is 0 Å². The van der Waals surface area contributed by atoms with Gasteiger partial charge in [-0.3, -0.25) is 9.78 Å². The predicted octanol–water partition coefficient (Wildman–Crippen LogP) is 2.81. The van der Waals surface area contributed by atoms with Crippen molar-refractivity contribution in [1.82, 2.24) is 10.3 Å². The zero-order chi connectivity index (χ0) is 16.4. The molecule has 1 N–H and O–H groups in total. The van der Waals surface area contributed by atoms with Crippen molar-refractivity contribution in [3.05, 3.63) is 23.7 Å². The zero-order valence-electron chi connectivity index (χ0n) is 13.7. The predicted molar refractivity (Wildman–Crippen MR) is 96.5 cm³/mol. The van der Waals surface area contributed by atoms with E-state index in [1.807, 2.05) is 6.20 Å². The van der Waals surface area contributed by atoms with Crippen LogP contribution in [-0.4, -0.2) is 43.2 Å². The van der Waals surface area contributed by atoms with E-state index < -0.39 is 0 Å². The molecule has 5 nitrogen and oxygen atoms in total. The molecule has 2 aliphatic rings. The first-order valence-electron chi connectivity index (χ1n) is 8.76. The summed E-state index contributed by atoms with van der Waals surface area (Å²) in [4.78, 5) is 19.3. The summed E-state index contributed by atoms with van der Waals surface area (Å²) in [5.74, 6) is 0.377. The number of hydrogen-bond acceptors (Lipinski definition) is 5. The van der Waals surface area contributed by atoms with Crippen LogP contribution in [0.2, 0.25) is 0 Å². The SMILES string of the molecule is O=C(NC1CCOCC1)C1CCN(c2ccnc3ccsc23)CC1. The van der Waals surface area contributed by atoms with E-state index in [4.69, 9.17) is 4.74 Å². The van der Waals surface area contributed by atoms with Gasteiger partial charge in [0.05, 0.1) is 15.9 Å². The van der Waals surface area contributed by atoms with Crippen molar-refractivity contribution < 1.29 is 9.53 Å². The first-order valence-corrected chi connectivity index (χ1v) is 9.64. The van der Waals surface area contributed by atoms with Crippen molar-refractivity contribution >= 4 is 33.1 Å². The maximum absolute atomic E-state index is 12.5. The summed E-state index contributed by atoms with van der Waals surface area (Å²) in [5, 5.41) is 5.32. The second kappa shape index (κ2) is 7.07. The molecule has 0 unspecified atom stereocenters. The first kappa shape index (κ1) is 15.8. The molecule has 2 fully saturated rings. The standard InChI is InChI=1S/C18H23N3O2S/c22-18(20-14-4-10-23-11-5-14)13-2-8-21(9-3-13)16-1-7-19-15-6-12-24-17(15)16/h1,6-7,12-14H,2-5,8-11H2,(H,20,22). The Morgan fingerprint density at radius 1 is 1.21 bits per heavy atom. The van der Waals surface area contributed by atoms with Gasteiger partial charge >= 0.3 is 0 Å². The van der Waals surface area contributed by atoms with Crippen LogP contribution in [0.5, 0.6) is 0 Å². The largest absolute Gasteiger partial charge is 0.381 e. The number of nitrogens with one attached hydrogen (secondary N) is 1. The van der Waals surface area contributed by atoms with Crippen LogP contribution in [0.15, 0.2) is 23.7 Å². The van der Waals surface area contributed by atoms with Gasteiger partial charge in [0, 0.05) is 44.5 Å². The average Bonchev–Trinajstić information content (AvgIpc) is 3.11. The quantitative estimate of drug-likeness (QED) is 0.929. The van der Waals surface area contributed by atoms with Crippen molar-refractivity contribution in [3.8, 4) is 0 Å². The van der Waals surface area contributed by atoms with Crippen LogP contribution in [0, 0.1) is 5.92 Å². The van der Waals surface area contributed by atoms with Crippen molar-refractivity contribution in [2.24, 2.45) is 5.92 Å². The summed E-state index contributed by atoms with van der Waals surface area (Å²) in [5.41, 5.74) is 2.33. The number of hydrogen-bond donors (Lipinski definition) is 1. The van der Waals surface area contributed by atoms with Crippen molar-refractivity contribution in [3.63, 3.8) is 0 Å². The van der Waals surface area contributed by atoms with Gasteiger partial charge in [0.15, 0.2) is 0 Å². The molecule has 0 radical (unpaired) electrons. The number of aromatic nitrogens is 1. The molecule has 0 bridgehead atoms. The molecule has 2 aromatic heterocycles. The third-order valence-corrected chi connectivity index (χ3v) is 6.02. The van der Waals surface area contributed by atoms with Crippen LogP contribution in [0.3, 0.4) is 0 Å². The lowest BCUT2D eigenvalue weighted by molar-refractivity contribution is -0.126. The summed E-state index contributed by atoms with van der Waals surface area (Å²) in [6.45, 7) is 3.40. The number of rotatable bonds is 3. The highest BCUT2D eigenvalue weighted by atomic mass is 32.1. The van der Waals surface area contributed by atoms with E-state index in [9.17, 15) is 4.79 Å². The number of thiophene rings is 1. The fourth-order valence-corrected chi connectivity index (χ4v) is 4.54. The highest BCUT2D eigenvalue weighted by molar-refractivity contribution is 7.17. The molecule has 24 heavy (non-hydrogen) atoms. The van der Waals surface area contributed by atoms with Crippen LogP contribution < -0.4 is 10.2 Å². The fourth-order valence-electron chi connectivity index (χ4n) is 3.65. The molecule has 2 aromatic rings. The number of amides is 1. The molecule has 6 heteroatoms. The second-order valence-corrected chi connectivity index (χ2v) is 7.54. The van der Waals surface area contributed by atoms with Gasteiger partial charge in [-0.1, -0.05) is 0 Å². The molecule has 128 valence electrons. The third-order valence-electron chi connectivity index (χ3n) is 5.10. The number of anilines is 1. The van der Waals surface area contributed by atoms with E-state index in [0.717, 1.165) is 57.5 Å². The molecule has 4 heterocycles. The van der Waals surface area contributed by atoms with E-state index in [1.165, 1.54) is 10.4 Å². The number of fused-ring (bicyclic) bond motifs is 1. The van der Waals surface area contributed by atoms with Crippen LogP contribution >= 0.6 is 11.3 Å². The van der Waals surface area contributed by atoms with Gasteiger partial charge in [0.1, 0.15) is 0 Å². The minimum atomic E-state index is 0.143. The Morgan fingerprint density at radius 2 is 2.00 bits per heavy atom. The zero-order valence-corrected chi connectivity index (χ0v) is 14.6. The van der Waals surface area contributed by atoms with Crippen LogP contribution in [0.25, 0.3) is 10.2 Å². The smallest absolute Gasteiger partial charge is 0.223 e. The van der Waals surface area contributed by atoms with Gasteiger partial charge in [-0.2, -0.15) is 0 Å². The fraction of sp³-hybridized carbons (Fsp3) is 0.556. The van der Waals surface area contributed by atoms with Crippen LogP contribution in [-0.2, 0) is 9.53 Å². The monoisotopic (exact) mass is 345 g/mol. The summed E-state index contributed by atoms with van der Waals surface area (Å²) in [6.07, 6.45) is 5.61. The van der Waals surface area contributed by atoms with Gasteiger partial charge in [0.2, 0.25) is 5.91 Å². The normalized spacial score (nSPS) is 20.4. The van der Waals surface area contributed by atoms with Gasteiger partial charge in [0.25, 0.3) is 0 Å². The Kier molecular flexibility index (Phi) is 4.67. The number of piperidine rings is 1. The minimum Gasteiger partial charge on any atom is -0.381 e. The number of pyridine rings is 1. The number of nitrogens with zero attached hydrogens (tertiary/aromatic N) is 2. The molecule has 0 spiro atoms. The Balaban J connectivity index is 1.36. The number of carbonyl (C=O) groups excluding carboxylic acids is 1. The first-order chi connectivity index (χ1) is 11.8. The second-order valence-electron chi connectivity index (χ2n) is 6.62. The maximum atomic E-state index is 12.5. The summed E-state index contributed by atoms with van der Waals surface area (Å²) in [6, 6.07) is 4.47. The lowest BCUT2D eigenvalue weighted by Crippen LogP contribution is -2.45. The van der Waals surface area contributed by atoms with Crippen LogP contribution in [0.1, 0.15) is 25.7 Å². The van der Waals surface area contributed by atoms with Crippen molar-refractivity contribution in [1.29, 1.82) is 0 Å². The van der Waals surface area contributed by atoms with Gasteiger partial charge in [-0.25, -0.2) is 0 Å². The molecule has 0 saturated carbocycles. The van der Waals surface area contributed by atoms with Crippen molar-refractivity contribution in [2.75, 3.05) is 31.2 Å². The molecule has 1 amide bonds. The summed E-state index contributed by atoms with van der Waals surface area (Å²) < 4.78 is 6.61. The molecule has 0 aromatic carbocycles. The Bertz CT molecular complexity index is 703. The molecule has 0 atom stereocenters. The summed E-state index contributed by atoms with van der Waals surface area (Å²) >= 11 is 1.74. The third kappa shape index (κ3) is 3.26. The molecule has 4 rings (SSSR count). The van der Waals surface area contributed by atoms with Gasteiger partial charge in [-0.15, -0.1) is 11.3 Å². The van der Waals surface area contributed by atoms with E-state index in [0.29, 0.717) is 6.04 Å². The van der Waals surface area contributed by atoms with Gasteiger partial charge in [-0.05, 0) is 43.2 Å². The molecule has 2 saturated heterocycles. The van der Waals surface area contributed by atoms with E-state index in [-0.39, 0.29) is 11.8 Å². The number of carbonyl (C=O) groups is 1. The summed E-state index contributed by atoms with van der Waals surface area (Å²) in [7, 11) is 0. The Labute approximate surface area is 146 Å². The minimum absolute atomic E-state index is 0.143. The molecule has 2 aliphatic heterocycles. The average molecular weight is 345 g/mol. The van der Waals surface area contributed by atoms with Crippen LogP contribution in [0.4, 0.5) is 5.69 Å². The van der Waals surface area contributed by atoms with Crippen molar-refractivity contribution in [2.45, 2.75) is 31.7 Å². The highest BCUT2D eigenvalue weighted by Crippen LogP contribution is 2.32. The topological polar surface area (TPSA) is 54.5 Å². The highest BCUT2D eigenvalue weighted by Gasteiger charge is 2.27. The molecular weight excluding hydrogens is 322 g/mol. The maximum Gasteiger partial charge on any atom is 0.223 e. The van der Waals surface area contributed by atoms with E-state index in [1.54, 1.807) is 11.3 Å². The lowest BCUT2D eigenvalue weighted by atomic mass is 9.94. The Hall–Kier alpha value is -1.66.